The Morgan fingerprint density at radius 3 is 2.50 bits per heavy atom. The minimum atomic E-state index is -2.02. The van der Waals surface area contributed by atoms with E-state index in [-0.39, 0.29) is 0 Å². The highest BCUT2D eigenvalue weighted by Crippen LogP contribution is 2.35. The van der Waals surface area contributed by atoms with E-state index in [1.165, 1.54) is 6.92 Å². The Morgan fingerprint density at radius 2 is 2.00 bits per heavy atom. The molecule has 1 N–H and O–H groups in total. The molecule has 2 radical (unpaired) electrons. The first-order valence-electron chi connectivity index (χ1n) is 9.77. The van der Waals surface area contributed by atoms with Gasteiger partial charge in [-0.2, -0.15) is 0 Å². The molecule has 2 heterocycles. The molecule has 0 aliphatic heterocycles. The molecule has 2 aromatic rings. The van der Waals surface area contributed by atoms with E-state index in [0.29, 0.717) is 35.0 Å². The van der Waals surface area contributed by atoms with Gasteiger partial charge in [0, 0.05) is 12.1 Å². The maximum Gasteiger partial charge on any atom is 0.174 e. The smallest absolute Gasteiger partial charge is 0.174 e. The van der Waals surface area contributed by atoms with Crippen LogP contribution in [-0.2, 0) is 6.54 Å². The van der Waals surface area contributed by atoms with Crippen molar-refractivity contribution in [3.8, 4) is 11.6 Å². The molecule has 0 aliphatic carbocycles. The highest BCUT2D eigenvalue weighted by Gasteiger charge is 2.26. The van der Waals surface area contributed by atoms with Crippen molar-refractivity contribution in [1.29, 1.82) is 0 Å². The predicted octanol–water partition coefficient (Wildman–Crippen LogP) is 5.69. The molecule has 0 saturated carbocycles. The fourth-order valence-corrected chi connectivity index (χ4v) is 3.28. The second-order valence-electron chi connectivity index (χ2n) is 7.36. The average Bonchev–Trinajstić information content (AvgIpc) is 3.29. The zero-order valence-corrected chi connectivity index (χ0v) is 18.4. The molecule has 0 fully saturated rings. The molecule has 1 unspecified atom stereocenters. The Hall–Kier alpha value is -2.86. The largest absolute Gasteiger partial charge is 0.453 e. The molecule has 30 heavy (non-hydrogen) atoms. The molecule has 0 aliphatic rings. The number of imidazole rings is 1. The standard InChI is InChI=1S/C24H29BFN3O/c1-8-12-17(18(11-4)24(5,25)26)20-13-14-21(30-20)23-27-19(15-29(6)7)22(28-23)16(9-2)10-3/h8-14H,1-2,15H2,3-7H3,(H,27,28)/b16-10+,17-12+,18-11+. The summed E-state index contributed by atoms with van der Waals surface area (Å²) in [5.41, 5.74) is 1.55. The average molecular weight is 405 g/mol. The van der Waals surface area contributed by atoms with Crippen molar-refractivity contribution in [1.82, 2.24) is 14.9 Å². The number of alkyl halides is 1. The van der Waals surface area contributed by atoms with E-state index in [0.717, 1.165) is 17.0 Å². The lowest BCUT2D eigenvalue weighted by Crippen LogP contribution is -2.22. The van der Waals surface area contributed by atoms with Gasteiger partial charge in [-0.1, -0.05) is 43.5 Å². The van der Waals surface area contributed by atoms with Crippen LogP contribution < -0.4 is 0 Å². The maximum atomic E-state index is 14.5. The minimum Gasteiger partial charge on any atom is -0.453 e. The van der Waals surface area contributed by atoms with E-state index in [1.54, 1.807) is 43.4 Å². The van der Waals surface area contributed by atoms with Crippen LogP contribution in [0.4, 0.5) is 4.39 Å². The molecular weight excluding hydrogens is 376 g/mol. The third-order valence-electron chi connectivity index (χ3n) is 4.55. The van der Waals surface area contributed by atoms with E-state index in [9.17, 15) is 4.39 Å². The summed E-state index contributed by atoms with van der Waals surface area (Å²) in [5.74, 6) is 1.61. The highest BCUT2D eigenvalue weighted by atomic mass is 19.1. The van der Waals surface area contributed by atoms with Crippen LogP contribution in [0.5, 0.6) is 0 Å². The van der Waals surface area contributed by atoms with Crippen LogP contribution in [0.2, 0.25) is 0 Å². The van der Waals surface area contributed by atoms with E-state index in [2.05, 4.69) is 23.0 Å². The predicted molar refractivity (Wildman–Crippen MR) is 125 cm³/mol. The van der Waals surface area contributed by atoms with Gasteiger partial charge in [0.2, 0.25) is 0 Å². The molecule has 1 atom stereocenters. The number of furan rings is 1. The van der Waals surface area contributed by atoms with E-state index in [1.807, 2.05) is 27.1 Å². The van der Waals surface area contributed by atoms with Crippen LogP contribution in [0, 0.1) is 0 Å². The second-order valence-corrected chi connectivity index (χ2v) is 7.36. The maximum absolute atomic E-state index is 14.5. The number of aromatic amines is 1. The Morgan fingerprint density at radius 1 is 1.30 bits per heavy atom. The summed E-state index contributed by atoms with van der Waals surface area (Å²) in [6, 6.07) is 3.58. The summed E-state index contributed by atoms with van der Waals surface area (Å²) < 4.78 is 20.6. The summed E-state index contributed by atoms with van der Waals surface area (Å²) >= 11 is 0. The summed E-state index contributed by atoms with van der Waals surface area (Å²) in [6.07, 6.45) is 8.64. The topological polar surface area (TPSA) is 45.1 Å². The van der Waals surface area contributed by atoms with Crippen LogP contribution in [-0.4, -0.2) is 42.4 Å². The lowest BCUT2D eigenvalue weighted by Gasteiger charge is -2.21. The first-order valence-corrected chi connectivity index (χ1v) is 9.77. The van der Waals surface area contributed by atoms with Gasteiger partial charge in [-0.25, -0.2) is 4.98 Å². The molecule has 0 aromatic carbocycles. The molecule has 6 heteroatoms. The fraction of sp³-hybridized carbons (Fsp3) is 0.292. The molecule has 2 aromatic heterocycles. The van der Waals surface area contributed by atoms with Crippen molar-refractivity contribution in [3.63, 3.8) is 0 Å². The molecule has 4 nitrogen and oxygen atoms in total. The SMILES string of the molecule is [B]C(C)(F)C(=C/C)/C(=C\C=C)c1ccc(-c2nc(/C(C=C)=C/C)c(CN(C)C)[nH]2)o1. The number of halogens is 1. The normalized spacial score (nSPS) is 15.4. The lowest BCUT2D eigenvalue weighted by atomic mass is 9.75. The first-order chi connectivity index (χ1) is 14.2. The zero-order chi connectivity index (χ0) is 22.5. The number of nitrogens with zero attached hydrogens (tertiary/aromatic N) is 2. The van der Waals surface area contributed by atoms with Crippen LogP contribution in [0.1, 0.15) is 37.9 Å². The van der Waals surface area contributed by atoms with Crippen LogP contribution >= 0.6 is 0 Å². The van der Waals surface area contributed by atoms with Gasteiger partial charge in [0.25, 0.3) is 0 Å². The summed E-state index contributed by atoms with van der Waals surface area (Å²) in [6.45, 7) is 13.3. The summed E-state index contributed by atoms with van der Waals surface area (Å²) in [4.78, 5) is 10.1. The second kappa shape index (κ2) is 9.76. The van der Waals surface area contributed by atoms with Crippen molar-refractivity contribution in [2.75, 3.05) is 14.1 Å². The molecule has 0 spiro atoms. The van der Waals surface area contributed by atoms with Crippen LogP contribution in [0.3, 0.4) is 0 Å². The molecular formula is C24H29BFN3O. The van der Waals surface area contributed by atoms with E-state index >= 15 is 0 Å². The number of rotatable bonds is 9. The summed E-state index contributed by atoms with van der Waals surface area (Å²) in [5, 5.41) is 0. The Labute approximate surface area is 180 Å². The molecule has 156 valence electrons. The van der Waals surface area contributed by atoms with Crippen LogP contribution in [0.25, 0.3) is 22.7 Å². The Kier molecular flexibility index (Phi) is 7.62. The van der Waals surface area contributed by atoms with Crippen molar-refractivity contribution >= 4 is 19.0 Å². The number of nitrogens with one attached hydrogen (secondary N) is 1. The van der Waals surface area contributed by atoms with Gasteiger partial charge in [-0.15, -0.1) is 0 Å². The van der Waals surface area contributed by atoms with Gasteiger partial charge in [0.1, 0.15) is 13.6 Å². The quantitative estimate of drug-likeness (QED) is 0.431. The van der Waals surface area contributed by atoms with Gasteiger partial charge in [0.05, 0.1) is 17.0 Å². The number of aromatic nitrogens is 2. The molecule has 0 amide bonds. The van der Waals surface area contributed by atoms with Crippen molar-refractivity contribution in [2.24, 2.45) is 0 Å². The van der Waals surface area contributed by atoms with Gasteiger partial charge in [-0.3, -0.25) is 4.39 Å². The number of hydrogen-bond donors (Lipinski definition) is 1. The fourth-order valence-electron chi connectivity index (χ4n) is 3.28. The third kappa shape index (κ3) is 5.19. The number of allylic oxidation sites excluding steroid dienone is 8. The number of H-pyrrole nitrogens is 1. The third-order valence-corrected chi connectivity index (χ3v) is 4.55. The first kappa shape index (κ1) is 23.4. The minimum absolute atomic E-state index is 0.319. The van der Waals surface area contributed by atoms with Crippen molar-refractivity contribution in [3.05, 3.63) is 78.4 Å². The van der Waals surface area contributed by atoms with Crippen LogP contribution in [0.15, 0.2) is 65.7 Å². The van der Waals surface area contributed by atoms with Gasteiger partial charge in [-0.05, 0) is 58.1 Å². The zero-order valence-electron chi connectivity index (χ0n) is 18.4. The summed E-state index contributed by atoms with van der Waals surface area (Å²) in [7, 11) is 9.70. The Bertz CT molecular complexity index is 1000. The van der Waals surface area contributed by atoms with Gasteiger partial charge < -0.3 is 14.3 Å². The van der Waals surface area contributed by atoms with E-state index < -0.39 is 5.57 Å². The van der Waals surface area contributed by atoms with Gasteiger partial charge in [0.15, 0.2) is 11.6 Å². The molecule has 2 rings (SSSR count). The Balaban J connectivity index is 2.55. The highest BCUT2D eigenvalue weighted by molar-refractivity contribution is 6.18. The molecule has 0 bridgehead atoms. The number of hydrogen-bond acceptors (Lipinski definition) is 3. The van der Waals surface area contributed by atoms with E-state index in [4.69, 9.17) is 17.2 Å². The van der Waals surface area contributed by atoms with Gasteiger partial charge >= 0.3 is 0 Å². The van der Waals surface area contributed by atoms with Crippen molar-refractivity contribution in [2.45, 2.75) is 32.9 Å². The van der Waals surface area contributed by atoms with Crippen molar-refractivity contribution < 1.29 is 8.81 Å². The monoisotopic (exact) mass is 405 g/mol. The lowest BCUT2D eigenvalue weighted by molar-refractivity contribution is 0.362. The molecule has 0 saturated heterocycles.